The summed E-state index contributed by atoms with van der Waals surface area (Å²) >= 11 is 2.02. The maximum absolute atomic E-state index is 12.2. The Kier molecular flexibility index (Phi) is 5.14. The first-order valence-corrected chi connectivity index (χ1v) is 8.80. The van der Waals surface area contributed by atoms with Gasteiger partial charge in [-0.05, 0) is 64.6 Å². The van der Waals surface area contributed by atoms with E-state index in [1.54, 1.807) is 6.07 Å². The first-order valence-electron chi connectivity index (χ1n) is 6.24. The normalized spacial score (nSPS) is 11.4. The molecule has 0 amide bonds. The lowest BCUT2D eigenvalue weighted by atomic mass is 10.2. The lowest BCUT2D eigenvalue weighted by molar-refractivity contribution is 0.372. The molecule has 0 saturated carbocycles. The molecule has 0 unspecified atom stereocenters. The molecule has 0 fully saturated rings. The molecule has 0 saturated heterocycles. The Balaban J connectivity index is 2.20. The van der Waals surface area contributed by atoms with E-state index in [9.17, 15) is 13.5 Å². The van der Waals surface area contributed by atoms with Crippen LogP contribution in [0.5, 0.6) is 11.5 Å². The van der Waals surface area contributed by atoms with Crippen LogP contribution in [0.2, 0.25) is 0 Å². The summed E-state index contributed by atoms with van der Waals surface area (Å²) in [7, 11) is -2.20. The van der Waals surface area contributed by atoms with Gasteiger partial charge in [0.15, 0.2) is 11.5 Å². The largest absolute Gasteiger partial charge is 0.504 e. The number of anilines is 1. The van der Waals surface area contributed by atoms with Gasteiger partial charge in [-0.25, -0.2) is 13.1 Å². The van der Waals surface area contributed by atoms with Crippen molar-refractivity contribution in [1.29, 1.82) is 0 Å². The molecule has 0 radical (unpaired) electrons. The summed E-state index contributed by atoms with van der Waals surface area (Å²) < 4.78 is 32.7. The van der Waals surface area contributed by atoms with Gasteiger partial charge in [0.25, 0.3) is 0 Å². The fourth-order valence-corrected chi connectivity index (χ4v) is 3.43. The molecule has 0 heterocycles. The van der Waals surface area contributed by atoms with Crippen LogP contribution >= 0.6 is 22.6 Å². The summed E-state index contributed by atoms with van der Waals surface area (Å²) in [6.45, 7) is 0.0849. The van der Waals surface area contributed by atoms with Crippen LogP contribution < -0.4 is 15.2 Å². The number of nitrogen functional groups attached to an aromatic ring is 1. The Morgan fingerprint density at radius 1 is 1.27 bits per heavy atom. The predicted octanol–water partition coefficient (Wildman–Crippen LogP) is 2.07. The minimum Gasteiger partial charge on any atom is -0.504 e. The first kappa shape index (κ1) is 16.8. The number of halogens is 1. The molecule has 2 rings (SSSR count). The van der Waals surface area contributed by atoms with Crippen LogP contribution in [0.4, 0.5) is 5.69 Å². The van der Waals surface area contributed by atoms with E-state index in [0.29, 0.717) is 17.0 Å². The molecule has 118 valence electrons. The predicted molar refractivity (Wildman–Crippen MR) is 92.3 cm³/mol. The summed E-state index contributed by atoms with van der Waals surface area (Å²) in [4.78, 5) is 0.141. The molecule has 6 nitrogen and oxygen atoms in total. The maximum Gasteiger partial charge on any atom is 0.240 e. The maximum atomic E-state index is 12.2. The molecule has 2 aromatic carbocycles. The zero-order valence-electron chi connectivity index (χ0n) is 11.7. The summed E-state index contributed by atoms with van der Waals surface area (Å²) in [5, 5.41) is 9.67. The zero-order chi connectivity index (χ0) is 16.3. The molecule has 2 aromatic rings. The number of phenols is 1. The number of nitrogens with one attached hydrogen (secondary N) is 1. The monoisotopic (exact) mass is 434 g/mol. The minimum atomic E-state index is -3.63. The second kappa shape index (κ2) is 6.71. The third kappa shape index (κ3) is 3.81. The van der Waals surface area contributed by atoms with Gasteiger partial charge < -0.3 is 15.6 Å². The van der Waals surface area contributed by atoms with E-state index < -0.39 is 10.0 Å². The van der Waals surface area contributed by atoms with Crippen LogP contribution in [-0.2, 0) is 16.6 Å². The van der Waals surface area contributed by atoms with Crippen molar-refractivity contribution in [2.75, 3.05) is 12.8 Å². The van der Waals surface area contributed by atoms with Crippen LogP contribution in [-0.4, -0.2) is 20.6 Å². The Bertz CT molecular complexity index is 776. The number of phenolic OH excluding ortho intramolecular Hbond substituents is 1. The lowest BCUT2D eigenvalue weighted by Gasteiger charge is -2.11. The van der Waals surface area contributed by atoms with Crippen LogP contribution in [0, 0.1) is 3.57 Å². The van der Waals surface area contributed by atoms with Crippen LogP contribution in [0.1, 0.15) is 5.56 Å². The van der Waals surface area contributed by atoms with E-state index in [1.807, 2.05) is 22.6 Å². The van der Waals surface area contributed by atoms with E-state index in [0.717, 1.165) is 3.57 Å². The Morgan fingerprint density at radius 3 is 2.50 bits per heavy atom. The number of rotatable bonds is 5. The van der Waals surface area contributed by atoms with Crippen molar-refractivity contribution in [1.82, 2.24) is 4.72 Å². The molecule has 0 aliphatic rings. The van der Waals surface area contributed by atoms with Gasteiger partial charge in [-0.15, -0.1) is 0 Å². The quantitative estimate of drug-likeness (QED) is 0.494. The van der Waals surface area contributed by atoms with Gasteiger partial charge in [0.2, 0.25) is 10.0 Å². The molecule has 0 spiro atoms. The number of hydrogen-bond donors (Lipinski definition) is 3. The average Bonchev–Trinajstić information content (AvgIpc) is 2.47. The summed E-state index contributed by atoms with van der Waals surface area (Å²) in [5.74, 6) is 0.305. The second-order valence-electron chi connectivity index (χ2n) is 4.51. The highest BCUT2D eigenvalue weighted by Crippen LogP contribution is 2.30. The van der Waals surface area contributed by atoms with E-state index in [-0.39, 0.29) is 17.2 Å². The molecule has 0 bridgehead atoms. The fraction of sp³-hybridized carbons (Fsp3) is 0.143. The first-order chi connectivity index (χ1) is 10.3. The molecule has 0 aliphatic heterocycles. The Morgan fingerprint density at radius 2 is 1.91 bits per heavy atom. The molecular formula is C14H15IN2O4S. The molecule has 0 aliphatic carbocycles. The SMILES string of the molecule is COc1cc(CNS(=O)(=O)c2ccc(N)cc2)c(I)cc1O. The van der Waals surface area contributed by atoms with Gasteiger partial charge in [-0.3, -0.25) is 0 Å². The van der Waals surface area contributed by atoms with Gasteiger partial charge in [0.1, 0.15) is 0 Å². The smallest absolute Gasteiger partial charge is 0.240 e. The van der Waals surface area contributed by atoms with Crippen molar-refractivity contribution in [3.05, 3.63) is 45.5 Å². The summed E-state index contributed by atoms with van der Waals surface area (Å²) in [6, 6.07) is 9.07. The number of sulfonamides is 1. The standard InChI is InChI=1S/C14H15IN2O4S/c1-21-14-6-9(12(15)7-13(14)18)8-17-22(19,20)11-4-2-10(16)3-5-11/h2-7,17-18H,8,16H2,1H3. The minimum absolute atomic E-state index is 0.0111. The van der Waals surface area contributed by atoms with E-state index >= 15 is 0 Å². The van der Waals surface area contributed by atoms with Gasteiger partial charge in [-0.2, -0.15) is 0 Å². The van der Waals surface area contributed by atoms with Crippen molar-refractivity contribution < 1.29 is 18.3 Å². The van der Waals surface area contributed by atoms with Crippen LogP contribution in [0.25, 0.3) is 0 Å². The van der Waals surface area contributed by atoms with Gasteiger partial charge in [0.05, 0.1) is 12.0 Å². The Hall–Kier alpha value is -1.52. The van der Waals surface area contributed by atoms with Gasteiger partial charge in [0, 0.05) is 15.8 Å². The third-order valence-electron chi connectivity index (χ3n) is 2.99. The number of ether oxygens (including phenoxy) is 1. The summed E-state index contributed by atoms with van der Waals surface area (Å²) in [6.07, 6.45) is 0. The molecule has 0 atom stereocenters. The number of nitrogens with two attached hydrogens (primary N) is 1. The van der Waals surface area contributed by atoms with E-state index in [4.69, 9.17) is 10.5 Å². The number of aromatic hydroxyl groups is 1. The highest BCUT2D eigenvalue weighted by Gasteiger charge is 2.15. The van der Waals surface area contributed by atoms with Crippen molar-refractivity contribution in [2.45, 2.75) is 11.4 Å². The van der Waals surface area contributed by atoms with Crippen LogP contribution in [0.15, 0.2) is 41.3 Å². The van der Waals surface area contributed by atoms with Crippen molar-refractivity contribution in [3.63, 3.8) is 0 Å². The molecular weight excluding hydrogens is 419 g/mol. The molecule has 8 heteroatoms. The van der Waals surface area contributed by atoms with E-state index in [1.165, 1.54) is 37.4 Å². The van der Waals surface area contributed by atoms with Crippen molar-refractivity contribution >= 4 is 38.3 Å². The Labute approximate surface area is 142 Å². The topological polar surface area (TPSA) is 102 Å². The van der Waals surface area contributed by atoms with E-state index in [2.05, 4.69) is 4.72 Å². The highest BCUT2D eigenvalue weighted by molar-refractivity contribution is 14.1. The molecule has 22 heavy (non-hydrogen) atoms. The fourth-order valence-electron chi connectivity index (χ4n) is 1.79. The molecule has 0 aromatic heterocycles. The van der Waals surface area contributed by atoms with Crippen molar-refractivity contribution in [2.24, 2.45) is 0 Å². The summed E-state index contributed by atoms with van der Waals surface area (Å²) in [5.41, 5.74) is 6.75. The second-order valence-corrected chi connectivity index (χ2v) is 7.44. The van der Waals surface area contributed by atoms with Gasteiger partial charge >= 0.3 is 0 Å². The number of hydrogen-bond acceptors (Lipinski definition) is 5. The third-order valence-corrected chi connectivity index (χ3v) is 5.41. The van der Waals surface area contributed by atoms with Crippen LogP contribution in [0.3, 0.4) is 0 Å². The molecule has 4 N–H and O–H groups in total. The number of methoxy groups -OCH3 is 1. The average molecular weight is 434 g/mol. The number of benzene rings is 2. The lowest BCUT2D eigenvalue weighted by Crippen LogP contribution is -2.23. The van der Waals surface area contributed by atoms with Gasteiger partial charge in [-0.1, -0.05) is 0 Å². The highest BCUT2D eigenvalue weighted by atomic mass is 127. The van der Waals surface area contributed by atoms with Crippen molar-refractivity contribution in [3.8, 4) is 11.5 Å². The zero-order valence-corrected chi connectivity index (χ0v) is 14.7.